The van der Waals surface area contributed by atoms with Crippen molar-refractivity contribution >= 4 is 33.7 Å². The Labute approximate surface area is 110 Å². The fourth-order valence-corrected chi connectivity index (χ4v) is 2.26. The summed E-state index contributed by atoms with van der Waals surface area (Å²) in [6.07, 6.45) is 3.08. The summed E-state index contributed by atoms with van der Waals surface area (Å²) in [7, 11) is 0. The molecule has 2 heterocycles. The monoisotopic (exact) mass is 313 g/mol. The van der Waals surface area contributed by atoms with E-state index in [0.29, 0.717) is 11.5 Å². The molecule has 0 atom stereocenters. The summed E-state index contributed by atoms with van der Waals surface area (Å²) in [6.45, 7) is 0. The maximum atomic E-state index is 10.8. The molecule has 6 heteroatoms. The predicted molar refractivity (Wildman–Crippen MR) is 67.2 cm³/mol. The van der Waals surface area contributed by atoms with Gasteiger partial charge in [0, 0.05) is 10.7 Å². The molecule has 2 rings (SSSR count). The third-order valence-electron chi connectivity index (χ3n) is 2.03. The summed E-state index contributed by atoms with van der Waals surface area (Å²) < 4.78 is 6.04. The first-order chi connectivity index (χ1) is 8.16. The van der Waals surface area contributed by atoms with Gasteiger partial charge in [-0.1, -0.05) is 11.8 Å². The van der Waals surface area contributed by atoms with Crippen molar-refractivity contribution in [3.05, 3.63) is 46.5 Å². The number of rotatable bonds is 4. The van der Waals surface area contributed by atoms with Crippen LogP contribution in [0.15, 0.2) is 44.6 Å². The Balaban J connectivity index is 2.05. The Bertz CT molecular complexity index is 524. The van der Waals surface area contributed by atoms with E-state index in [-0.39, 0.29) is 5.56 Å². The van der Waals surface area contributed by atoms with Gasteiger partial charge in [-0.05, 0) is 34.1 Å². The van der Waals surface area contributed by atoms with Crippen molar-refractivity contribution in [1.29, 1.82) is 0 Å². The molecule has 0 fully saturated rings. The quantitative estimate of drug-likeness (QED) is 0.876. The summed E-state index contributed by atoms with van der Waals surface area (Å²) in [4.78, 5) is 15.0. The van der Waals surface area contributed by atoms with Crippen LogP contribution in [0, 0.1) is 0 Å². The third-order valence-corrected chi connectivity index (χ3v) is 3.44. The fourth-order valence-electron chi connectivity index (χ4n) is 1.23. The molecule has 88 valence electrons. The van der Waals surface area contributed by atoms with E-state index in [1.807, 2.05) is 12.1 Å². The van der Waals surface area contributed by atoms with Gasteiger partial charge >= 0.3 is 5.97 Å². The molecule has 0 aliphatic rings. The lowest BCUT2D eigenvalue weighted by atomic mass is 10.3. The number of carboxylic acids is 1. The molecule has 0 aliphatic carbocycles. The summed E-state index contributed by atoms with van der Waals surface area (Å²) >= 11 is 4.73. The molecule has 0 amide bonds. The number of furan rings is 1. The van der Waals surface area contributed by atoms with Gasteiger partial charge in [0.05, 0.1) is 17.0 Å². The summed E-state index contributed by atoms with van der Waals surface area (Å²) in [5.74, 6) is -0.0752. The zero-order valence-corrected chi connectivity index (χ0v) is 11.0. The van der Waals surface area contributed by atoms with Gasteiger partial charge in [0.25, 0.3) is 0 Å². The highest BCUT2D eigenvalue weighted by Crippen LogP contribution is 2.24. The van der Waals surface area contributed by atoms with Crippen LogP contribution in [0.3, 0.4) is 0 Å². The van der Waals surface area contributed by atoms with Crippen LogP contribution in [0.4, 0.5) is 0 Å². The van der Waals surface area contributed by atoms with Crippen LogP contribution >= 0.6 is 27.7 Å². The number of hydrogen-bond acceptors (Lipinski definition) is 4. The van der Waals surface area contributed by atoms with Gasteiger partial charge in [0.1, 0.15) is 11.3 Å². The summed E-state index contributed by atoms with van der Waals surface area (Å²) in [5, 5.41) is 9.72. The molecule has 0 aliphatic heterocycles. The highest BCUT2D eigenvalue weighted by Gasteiger charge is 2.13. The SMILES string of the molecule is O=C(O)c1ccoc1CSc1ccc(Br)cn1. The van der Waals surface area contributed by atoms with E-state index in [1.54, 1.807) is 6.20 Å². The van der Waals surface area contributed by atoms with Gasteiger partial charge in [-0.2, -0.15) is 0 Å². The van der Waals surface area contributed by atoms with Crippen molar-refractivity contribution in [2.75, 3.05) is 0 Å². The van der Waals surface area contributed by atoms with Crippen molar-refractivity contribution in [2.45, 2.75) is 10.8 Å². The highest BCUT2D eigenvalue weighted by atomic mass is 79.9. The molecule has 1 N–H and O–H groups in total. The second-order valence-electron chi connectivity index (χ2n) is 3.17. The number of halogens is 1. The molecule has 0 aromatic carbocycles. The molecular weight excluding hydrogens is 306 g/mol. The standard InChI is InChI=1S/C11H8BrNO3S/c12-7-1-2-10(13-5-7)17-6-9-8(11(14)15)3-4-16-9/h1-5H,6H2,(H,14,15). The van der Waals surface area contributed by atoms with E-state index in [2.05, 4.69) is 20.9 Å². The molecule has 17 heavy (non-hydrogen) atoms. The Morgan fingerprint density at radius 2 is 2.29 bits per heavy atom. The molecule has 2 aromatic heterocycles. The zero-order chi connectivity index (χ0) is 12.3. The zero-order valence-electron chi connectivity index (χ0n) is 8.59. The average molecular weight is 314 g/mol. The molecule has 0 saturated carbocycles. The Morgan fingerprint density at radius 3 is 2.94 bits per heavy atom. The number of nitrogens with zero attached hydrogens (tertiary/aromatic N) is 1. The topological polar surface area (TPSA) is 63.3 Å². The van der Waals surface area contributed by atoms with Crippen LogP contribution in [0.2, 0.25) is 0 Å². The number of carboxylic acid groups (broad SMARTS) is 1. The van der Waals surface area contributed by atoms with Crippen molar-refractivity contribution in [2.24, 2.45) is 0 Å². The largest absolute Gasteiger partial charge is 0.478 e. The average Bonchev–Trinajstić information content (AvgIpc) is 2.76. The van der Waals surface area contributed by atoms with E-state index in [9.17, 15) is 4.79 Å². The maximum Gasteiger partial charge on any atom is 0.339 e. The first-order valence-electron chi connectivity index (χ1n) is 4.71. The van der Waals surface area contributed by atoms with Gasteiger partial charge < -0.3 is 9.52 Å². The Hall–Kier alpha value is -1.27. The van der Waals surface area contributed by atoms with Crippen molar-refractivity contribution < 1.29 is 14.3 Å². The first-order valence-corrected chi connectivity index (χ1v) is 6.48. The van der Waals surface area contributed by atoms with Crippen LogP contribution in [-0.2, 0) is 5.75 Å². The third kappa shape index (κ3) is 3.10. The van der Waals surface area contributed by atoms with E-state index < -0.39 is 5.97 Å². The minimum absolute atomic E-state index is 0.203. The molecule has 0 saturated heterocycles. The van der Waals surface area contributed by atoms with E-state index in [4.69, 9.17) is 9.52 Å². The number of carbonyl (C=O) groups is 1. The number of aromatic carboxylic acids is 1. The minimum atomic E-state index is -0.974. The molecule has 2 aromatic rings. The predicted octanol–water partition coefficient (Wildman–Crippen LogP) is 3.43. The normalized spacial score (nSPS) is 10.4. The van der Waals surface area contributed by atoms with Crippen LogP contribution in [-0.4, -0.2) is 16.1 Å². The lowest BCUT2D eigenvalue weighted by molar-refractivity contribution is 0.0695. The van der Waals surface area contributed by atoms with Crippen LogP contribution in [0.25, 0.3) is 0 Å². The summed E-state index contributed by atoms with van der Waals surface area (Å²) in [5.41, 5.74) is 0.203. The van der Waals surface area contributed by atoms with Gasteiger partial charge in [-0.25, -0.2) is 9.78 Å². The highest BCUT2D eigenvalue weighted by molar-refractivity contribution is 9.10. The molecule has 0 bridgehead atoms. The van der Waals surface area contributed by atoms with Crippen molar-refractivity contribution in [1.82, 2.24) is 4.98 Å². The second kappa shape index (κ2) is 5.37. The van der Waals surface area contributed by atoms with E-state index in [1.165, 1.54) is 24.1 Å². The first kappa shape index (κ1) is 12.2. The Kier molecular flexibility index (Phi) is 3.86. The molecular formula is C11H8BrNO3S. The second-order valence-corrected chi connectivity index (χ2v) is 5.08. The fraction of sp³-hybridized carbons (Fsp3) is 0.0909. The maximum absolute atomic E-state index is 10.8. The molecule has 4 nitrogen and oxygen atoms in total. The van der Waals surface area contributed by atoms with Crippen LogP contribution in [0.5, 0.6) is 0 Å². The van der Waals surface area contributed by atoms with E-state index >= 15 is 0 Å². The van der Waals surface area contributed by atoms with Gasteiger partial charge in [0.15, 0.2) is 0 Å². The lowest BCUT2D eigenvalue weighted by Gasteiger charge is -2.00. The molecule has 0 spiro atoms. The van der Waals surface area contributed by atoms with Gasteiger partial charge in [0.2, 0.25) is 0 Å². The minimum Gasteiger partial charge on any atom is -0.478 e. The number of hydrogen-bond donors (Lipinski definition) is 1. The van der Waals surface area contributed by atoms with E-state index in [0.717, 1.165) is 9.50 Å². The van der Waals surface area contributed by atoms with Gasteiger partial charge in [-0.15, -0.1) is 0 Å². The smallest absolute Gasteiger partial charge is 0.339 e. The number of thioether (sulfide) groups is 1. The Morgan fingerprint density at radius 1 is 1.47 bits per heavy atom. The van der Waals surface area contributed by atoms with Crippen LogP contribution < -0.4 is 0 Å². The molecule has 0 radical (unpaired) electrons. The lowest BCUT2D eigenvalue weighted by Crippen LogP contribution is -1.97. The van der Waals surface area contributed by atoms with Crippen molar-refractivity contribution in [3.8, 4) is 0 Å². The number of pyridine rings is 1. The number of aromatic nitrogens is 1. The van der Waals surface area contributed by atoms with Crippen molar-refractivity contribution in [3.63, 3.8) is 0 Å². The molecule has 0 unspecified atom stereocenters. The van der Waals surface area contributed by atoms with Crippen LogP contribution in [0.1, 0.15) is 16.1 Å². The summed E-state index contributed by atoms with van der Waals surface area (Å²) in [6, 6.07) is 5.20. The van der Waals surface area contributed by atoms with Gasteiger partial charge in [-0.3, -0.25) is 0 Å².